The summed E-state index contributed by atoms with van der Waals surface area (Å²) in [5, 5.41) is 48.1. The van der Waals surface area contributed by atoms with E-state index in [-0.39, 0.29) is 61.9 Å². The monoisotopic (exact) mass is 1150 g/mol. The number of carbonyl (C=O) groups excluding carboxylic acids is 9. The Morgan fingerprint density at radius 3 is 2.19 bits per heavy atom. The summed E-state index contributed by atoms with van der Waals surface area (Å²) in [7, 11) is 7.09. The van der Waals surface area contributed by atoms with E-state index >= 15 is 0 Å². The molecular formula is C53H77N13O12S2. The lowest BCUT2D eigenvalue weighted by molar-refractivity contribution is -0.142. The van der Waals surface area contributed by atoms with Crippen molar-refractivity contribution < 1.29 is 58.2 Å². The van der Waals surface area contributed by atoms with Gasteiger partial charge in [-0.2, -0.15) is 0 Å². The molecule has 2 fully saturated rings. The molecule has 1 aromatic heterocycles. The minimum Gasteiger partial charge on any atom is -0.508 e. The molecule has 7 atom stereocenters. The van der Waals surface area contributed by atoms with Crippen LogP contribution in [0.4, 0.5) is 0 Å². The first kappa shape index (κ1) is 63.9. The maximum atomic E-state index is 14.9. The first-order chi connectivity index (χ1) is 38.3. The summed E-state index contributed by atoms with van der Waals surface area (Å²) < 4.78 is 0. The molecule has 3 aromatic rings. The number of likely N-dealkylation sites (N-methyl/N-ethyl adjacent to an activating group) is 3. The number of carbonyl (C=O) groups is 10. The van der Waals surface area contributed by atoms with E-state index in [0.29, 0.717) is 43.7 Å². The summed E-state index contributed by atoms with van der Waals surface area (Å²) in [4.78, 5) is 145. The number of hydrogen-bond acceptors (Lipinski definition) is 16. The standard InChI is InChI=1S/C53H77N13O12S2/c1-31(2)23-38-50(75)63-41(47(72)56-5)29-79-80-30-42(53(78)66-20-8-11-43(66)52(77)62-39(48(73)58-27-44(68)59-38)24-32-12-14-34(67)15-13-32)64-49(74)37(16-17-46(70)71)61-51(76)40(25-33-26-57-36-10-7-6-9-35(33)36)60-45(69)28-65(21-18-54-3)22-19-55-4/h6-7,9-10,12-15,26,31,37-43,54-55,57,67H,8,11,16-25,27-30H2,1-5H3,(H,56,72)(H,58,73)(H,59,68)(H,60,69)(H,61,76)(H,62,77)(H,63,75)(H,64,74)(H,70,71)/t37-,38-,39-,40-,41-,42-,43-/m0/s1. The van der Waals surface area contributed by atoms with Crippen LogP contribution in [0, 0.1) is 5.92 Å². The van der Waals surface area contributed by atoms with E-state index in [1.165, 1.54) is 24.1 Å². The molecule has 2 saturated heterocycles. The minimum absolute atomic E-state index is 0.0305. The summed E-state index contributed by atoms with van der Waals surface area (Å²) in [6.45, 7) is 5.26. The average Bonchev–Trinajstić information content (AvgIpc) is 4.10. The Morgan fingerprint density at radius 1 is 0.812 bits per heavy atom. The van der Waals surface area contributed by atoms with Crippen molar-refractivity contribution in [1.29, 1.82) is 0 Å². The van der Waals surface area contributed by atoms with Crippen LogP contribution in [0.2, 0.25) is 0 Å². The van der Waals surface area contributed by atoms with E-state index in [1.54, 1.807) is 32.4 Å². The predicted octanol–water partition coefficient (Wildman–Crippen LogP) is -1.53. The number of phenolic OH excluding ortho intramolecular Hbond substituents is 1. The van der Waals surface area contributed by atoms with Crippen molar-refractivity contribution in [3.8, 4) is 5.75 Å². The summed E-state index contributed by atoms with van der Waals surface area (Å²) in [5.41, 5.74) is 1.98. The zero-order valence-electron chi connectivity index (χ0n) is 45.8. The molecular weight excluding hydrogens is 1070 g/mol. The number of rotatable bonds is 23. The van der Waals surface area contributed by atoms with Crippen molar-refractivity contribution in [3.63, 3.8) is 0 Å². The van der Waals surface area contributed by atoms with E-state index in [2.05, 4.69) is 58.2 Å². The molecule has 438 valence electrons. The molecule has 9 amide bonds. The summed E-state index contributed by atoms with van der Waals surface area (Å²) in [6, 6.07) is 4.23. The number of nitrogens with one attached hydrogen (secondary N) is 11. The molecule has 2 aliphatic heterocycles. The highest BCUT2D eigenvalue weighted by atomic mass is 33.1. The smallest absolute Gasteiger partial charge is 0.303 e. The van der Waals surface area contributed by atoms with Crippen molar-refractivity contribution in [2.45, 2.75) is 101 Å². The second-order valence-electron chi connectivity index (χ2n) is 20.1. The highest BCUT2D eigenvalue weighted by molar-refractivity contribution is 8.76. The van der Waals surface area contributed by atoms with Gasteiger partial charge in [0.1, 0.15) is 48.0 Å². The number of carboxylic acid groups (broad SMARTS) is 1. The fourth-order valence-electron chi connectivity index (χ4n) is 9.19. The third kappa shape index (κ3) is 20.0. The zero-order valence-corrected chi connectivity index (χ0v) is 47.4. The molecule has 0 saturated carbocycles. The number of aliphatic carboxylic acids is 1. The van der Waals surface area contributed by atoms with Crippen LogP contribution in [-0.2, 0) is 60.8 Å². The predicted molar refractivity (Wildman–Crippen MR) is 303 cm³/mol. The molecule has 27 heteroatoms. The van der Waals surface area contributed by atoms with Gasteiger partial charge in [-0.25, -0.2) is 0 Å². The van der Waals surface area contributed by atoms with E-state index in [1.807, 2.05) is 43.0 Å². The second-order valence-corrected chi connectivity index (χ2v) is 22.6. The molecule has 80 heavy (non-hydrogen) atoms. The molecule has 3 heterocycles. The normalized spacial score (nSPS) is 20.6. The van der Waals surface area contributed by atoms with E-state index in [0.717, 1.165) is 32.5 Å². The molecule has 0 spiro atoms. The number of aromatic amines is 1. The molecule has 0 unspecified atom stereocenters. The van der Waals surface area contributed by atoms with Crippen LogP contribution in [-0.4, -0.2) is 205 Å². The van der Waals surface area contributed by atoms with E-state index < -0.39 is 121 Å². The summed E-state index contributed by atoms with van der Waals surface area (Å²) in [6.07, 6.45) is 1.22. The number of hydrogen-bond donors (Lipinski definition) is 13. The van der Waals surface area contributed by atoms with Gasteiger partial charge < -0.3 is 73.3 Å². The van der Waals surface area contributed by atoms with Crippen molar-refractivity contribution in [1.82, 2.24) is 68.0 Å². The van der Waals surface area contributed by atoms with Crippen molar-refractivity contribution in [2.24, 2.45) is 5.92 Å². The van der Waals surface area contributed by atoms with Crippen LogP contribution in [0.3, 0.4) is 0 Å². The summed E-state index contributed by atoms with van der Waals surface area (Å²) in [5.74, 6) is -8.12. The van der Waals surface area contributed by atoms with Crippen molar-refractivity contribution >= 4 is 91.6 Å². The molecule has 2 aliphatic rings. The van der Waals surface area contributed by atoms with Gasteiger partial charge in [0.2, 0.25) is 53.2 Å². The SMILES string of the molecule is CNCCN(CCNC)CC(=O)N[C@@H](Cc1c[nH]c2ccccc12)C(=O)N[C@@H](CCC(=O)O)C(=O)N[C@H]1CSSC[C@@H](C(=O)NC)NC(=O)[C@H](CC(C)C)NC(=O)CNC(=O)[C@H](Cc2ccc(O)cc2)NC(=O)[C@@H]2CCCN2C1=O. The number of aromatic nitrogens is 1. The fraction of sp³-hybridized carbons (Fsp3) is 0.547. The first-order valence-electron chi connectivity index (χ1n) is 26.7. The highest BCUT2D eigenvalue weighted by Crippen LogP contribution is 2.27. The van der Waals surface area contributed by atoms with E-state index in [9.17, 15) is 58.2 Å². The van der Waals surface area contributed by atoms with Gasteiger partial charge in [-0.15, -0.1) is 0 Å². The van der Waals surface area contributed by atoms with Gasteiger partial charge in [0.25, 0.3) is 0 Å². The van der Waals surface area contributed by atoms with Crippen LogP contribution in [0.15, 0.2) is 54.7 Å². The number of fused-ring (bicyclic) bond motifs is 2. The van der Waals surface area contributed by atoms with Crippen molar-refractivity contribution in [2.75, 3.05) is 78.5 Å². The maximum absolute atomic E-state index is 14.9. The number of aromatic hydroxyl groups is 1. The summed E-state index contributed by atoms with van der Waals surface area (Å²) >= 11 is 0. The lowest BCUT2D eigenvalue weighted by atomic mass is 10.0. The number of nitrogens with zero attached hydrogens (tertiary/aromatic N) is 2. The number of amides is 9. The van der Waals surface area contributed by atoms with Crippen LogP contribution >= 0.6 is 21.6 Å². The van der Waals surface area contributed by atoms with Crippen LogP contribution in [0.5, 0.6) is 5.75 Å². The first-order valence-corrected chi connectivity index (χ1v) is 29.2. The quantitative estimate of drug-likeness (QED) is 0.0479. The third-order valence-corrected chi connectivity index (χ3v) is 15.9. The Balaban J connectivity index is 1.47. The Bertz CT molecular complexity index is 2620. The van der Waals surface area contributed by atoms with Crippen LogP contribution in [0.1, 0.15) is 57.1 Å². The average molecular weight is 1150 g/mol. The Labute approximate surface area is 472 Å². The topological polar surface area (TPSA) is 354 Å². The molecule has 2 aromatic carbocycles. The van der Waals surface area contributed by atoms with Gasteiger partial charge in [0.15, 0.2) is 0 Å². The number of H-pyrrole nitrogens is 1. The Hall–Kier alpha value is -6.94. The third-order valence-electron chi connectivity index (χ3n) is 13.4. The molecule has 0 bridgehead atoms. The molecule has 25 nitrogen and oxygen atoms in total. The minimum atomic E-state index is -1.57. The van der Waals surface area contributed by atoms with Gasteiger partial charge >= 0.3 is 5.97 Å². The highest BCUT2D eigenvalue weighted by Gasteiger charge is 2.40. The molecule has 13 N–H and O–H groups in total. The van der Waals surface area contributed by atoms with Crippen molar-refractivity contribution in [3.05, 3.63) is 65.9 Å². The lowest BCUT2D eigenvalue weighted by Crippen LogP contribution is -2.60. The zero-order chi connectivity index (χ0) is 58.3. The van der Waals surface area contributed by atoms with Gasteiger partial charge in [0, 0.05) is 87.6 Å². The van der Waals surface area contributed by atoms with Gasteiger partial charge in [-0.1, -0.05) is 65.8 Å². The number of para-hydroxylation sites is 1. The molecule has 5 rings (SSSR count). The largest absolute Gasteiger partial charge is 0.508 e. The Kier molecular flexibility index (Phi) is 25.8. The molecule has 0 aliphatic carbocycles. The fourth-order valence-corrected chi connectivity index (χ4v) is 11.5. The lowest BCUT2D eigenvalue weighted by Gasteiger charge is -2.31. The van der Waals surface area contributed by atoms with Gasteiger partial charge in [0.05, 0.1) is 13.1 Å². The molecule has 0 radical (unpaired) electrons. The van der Waals surface area contributed by atoms with Crippen LogP contribution < -0.4 is 53.2 Å². The number of phenols is 1. The number of carboxylic acids is 1. The van der Waals surface area contributed by atoms with Gasteiger partial charge in [-0.05, 0) is 75.0 Å². The van der Waals surface area contributed by atoms with Crippen LogP contribution in [0.25, 0.3) is 10.9 Å². The van der Waals surface area contributed by atoms with Gasteiger partial charge in [-0.3, -0.25) is 52.8 Å². The number of benzene rings is 2. The Morgan fingerprint density at radius 2 is 1.51 bits per heavy atom. The second kappa shape index (κ2) is 32.3. The van der Waals surface area contributed by atoms with E-state index in [4.69, 9.17) is 0 Å². The maximum Gasteiger partial charge on any atom is 0.303 e.